The predicted molar refractivity (Wildman–Crippen MR) is 134 cm³/mol. The summed E-state index contributed by atoms with van der Waals surface area (Å²) < 4.78 is 23.4. The molecule has 1 fully saturated rings. The Bertz CT molecular complexity index is 1040. The molecule has 2 aromatic carbocycles. The van der Waals surface area contributed by atoms with Crippen LogP contribution >= 0.6 is 11.8 Å². The van der Waals surface area contributed by atoms with Gasteiger partial charge < -0.3 is 23.7 Å². The summed E-state index contributed by atoms with van der Waals surface area (Å²) >= 11 is 1.38. The van der Waals surface area contributed by atoms with E-state index in [1.165, 1.54) is 18.7 Å². The molecule has 192 valence electrons. The van der Waals surface area contributed by atoms with Crippen molar-refractivity contribution in [2.45, 2.75) is 63.5 Å². The molecule has 0 spiro atoms. The first kappa shape index (κ1) is 27.4. The van der Waals surface area contributed by atoms with Crippen molar-refractivity contribution in [3.63, 3.8) is 0 Å². The van der Waals surface area contributed by atoms with E-state index in [4.69, 9.17) is 18.9 Å². The van der Waals surface area contributed by atoms with Crippen molar-refractivity contribution in [1.82, 2.24) is 0 Å². The molecule has 0 radical (unpaired) electrons. The van der Waals surface area contributed by atoms with Gasteiger partial charge in [-0.15, -0.1) is 11.8 Å². The highest BCUT2D eigenvalue weighted by Gasteiger charge is 2.51. The molecule has 5 atom stereocenters. The van der Waals surface area contributed by atoms with Gasteiger partial charge in [-0.25, -0.2) is 9.59 Å². The minimum absolute atomic E-state index is 0.00762. The van der Waals surface area contributed by atoms with Crippen LogP contribution in [0, 0.1) is 0 Å². The second-order valence-corrected chi connectivity index (χ2v) is 9.67. The normalized spacial score (nSPS) is 23.4. The SMILES string of the molecule is CCS[C@@H]1O[C@@H](C)[C@H](OC(=O)c2ccccc2)[C@@H](OC(=O)CCC(C)=O)[C@H]1OC(=O)c1ccccc1. The quantitative estimate of drug-likeness (QED) is 0.340. The van der Waals surface area contributed by atoms with Crippen LogP contribution < -0.4 is 0 Å². The van der Waals surface area contributed by atoms with Crippen molar-refractivity contribution in [2.75, 3.05) is 5.75 Å². The lowest BCUT2D eigenvalue weighted by molar-refractivity contribution is -0.212. The maximum Gasteiger partial charge on any atom is 0.338 e. The fraction of sp³-hybridized carbons (Fsp3) is 0.407. The molecule has 1 saturated heterocycles. The van der Waals surface area contributed by atoms with Gasteiger partial charge in [-0.05, 0) is 43.9 Å². The number of Topliss-reactive ketones (excluding diaryl/α,β-unsaturated/α-hetero) is 1. The van der Waals surface area contributed by atoms with Gasteiger partial charge in [0.05, 0.1) is 23.7 Å². The van der Waals surface area contributed by atoms with Crippen LogP contribution in [-0.4, -0.2) is 59.3 Å². The van der Waals surface area contributed by atoms with Gasteiger partial charge in [0.15, 0.2) is 18.3 Å². The Labute approximate surface area is 214 Å². The maximum atomic E-state index is 13.0. The zero-order chi connectivity index (χ0) is 26.1. The van der Waals surface area contributed by atoms with E-state index >= 15 is 0 Å². The molecule has 1 aliphatic heterocycles. The highest BCUT2D eigenvalue weighted by atomic mass is 32.2. The molecular weight excluding hydrogens is 484 g/mol. The smallest absolute Gasteiger partial charge is 0.338 e. The third kappa shape index (κ3) is 7.41. The van der Waals surface area contributed by atoms with Crippen LogP contribution in [-0.2, 0) is 28.5 Å². The summed E-state index contributed by atoms with van der Waals surface area (Å²) in [5, 5.41) is 0. The molecular formula is C27H30O8S. The second-order valence-electron chi connectivity index (χ2n) is 8.29. The van der Waals surface area contributed by atoms with Crippen molar-refractivity contribution < 1.29 is 38.1 Å². The van der Waals surface area contributed by atoms with E-state index < -0.39 is 47.8 Å². The minimum atomic E-state index is -1.14. The van der Waals surface area contributed by atoms with Gasteiger partial charge in [-0.2, -0.15) is 0 Å². The Morgan fingerprint density at radius 2 is 1.31 bits per heavy atom. The van der Waals surface area contributed by atoms with Crippen LogP contribution in [0.15, 0.2) is 60.7 Å². The highest BCUT2D eigenvalue weighted by molar-refractivity contribution is 7.99. The van der Waals surface area contributed by atoms with Gasteiger partial charge in [-0.3, -0.25) is 4.79 Å². The number of hydrogen-bond acceptors (Lipinski definition) is 9. The van der Waals surface area contributed by atoms with Crippen molar-refractivity contribution in [3.05, 3.63) is 71.8 Å². The first-order valence-electron chi connectivity index (χ1n) is 11.8. The molecule has 1 heterocycles. The fourth-order valence-electron chi connectivity index (χ4n) is 3.71. The number of esters is 3. The molecule has 0 aromatic heterocycles. The van der Waals surface area contributed by atoms with Crippen molar-refractivity contribution >= 4 is 35.5 Å². The summed E-state index contributed by atoms with van der Waals surface area (Å²) in [6, 6.07) is 16.8. The fourth-order valence-corrected chi connectivity index (χ4v) is 4.70. The third-order valence-electron chi connectivity index (χ3n) is 5.51. The molecule has 1 aliphatic rings. The van der Waals surface area contributed by atoms with Gasteiger partial charge in [0.2, 0.25) is 0 Å². The summed E-state index contributed by atoms with van der Waals surface area (Å²) in [4.78, 5) is 49.9. The minimum Gasteiger partial charge on any atom is -0.454 e. The van der Waals surface area contributed by atoms with Crippen LogP contribution in [0.5, 0.6) is 0 Å². The number of ether oxygens (including phenoxy) is 4. The van der Waals surface area contributed by atoms with Crippen molar-refractivity contribution in [3.8, 4) is 0 Å². The van der Waals surface area contributed by atoms with Crippen molar-refractivity contribution in [1.29, 1.82) is 0 Å². The number of ketones is 1. The van der Waals surface area contributed by atoms with Gasteiger partial charge in [-0.1, -0.05) is 43.3 Å². The average molecular weight is 515 g/mol. The summed E-state index contributed by atoms with van der Waals surface area (Å²) in [5.74, 6) is -1.44. The molecule has 8 nitrogen and oxygen atoms in total. The number of benzene rings is 2. The first-order chi connectivity index (χ1) is 17.3. The summed E-state index contributed by atoms with van der Waals surface area (Å²) in [6.07, 6.45) is -4.06. The van der Waals surface area contributed by atoms with Crippen LogP contribution in [0.2, 0.25) is 0 Å². The summed E-state index contributed by atoms with van der Waals surface area (Å²) in [6.45, 7) is 5.01. The predicted octanol–water partition coefficient (Wildman–Crippen LogP) is 4.22. The number of rotatable bonds is 10. The number of hydrogen-bond donors (Lipinski definition) is 0. The number of carbonyl (C=O) groups is 4. The molecule has 0 saturated carbocycles. The Morgan fingerprint density at radius 3 is 1.81 bits per heavy atom. The maximum absolute atomic E-state index is 13.0. The van der Waals surface area contributed by atoms with E-state index in [1.807, 2.05) is 6.92 Å². The zero-order valence-electron chi connectivity index (χ0n) is 20.5. The van der Waals surface area contributed by atoms with E-state index in [0.717, 1.165) is 0 Å². The van der Waals surface area contributed by atoms with Crippen LogP contribution in [0.1, 0.15) is 54.3 Å². The topological polar surface area (TPSA) is 105 Å². The molecule has 0 N–H and O–H groups in total. The van der Waals surface area contributed by atoms with Gasteiger partial charge >= 0.3 is 17.9 Å². The molecule has 3 rings (SSSR count). The van der Waals surface area contributed by atoms with E-state index in [-0.39, 0.29) is 18.6 Å². The average Bonchev–Trinajstić information content (AvgIpc) is 2.88. The largest absolute Gasteiger partial charge is 0.454 e. The monoisotopic (exact) mass is 514 g/mol. The molecule has 9 heteroatoms. The lowest BCUT2D eigenvalue weighted by Crippen LogP contribution is -2.60. The number of thioether (sulfide) groups is 1. The van der Waals surface area contributed by atoms with Crippen molar-refractivity contribution in [2.24, 2.45) is 0 Å². The molecule has 0 unspecified atom stereocenters. The second kappa shape index (κ2) is 13.2. The van der Waals surface area contributed by atoms with E-state index in [9.17, 15) is 19.2 Å². The molecule has 36 heavy (non-hydrogen) atoms. The molecule has 0 bridgehead atoms. The Balaban J connectivity index is 1.91. The lowest BCUT2D eigenvalue weighted by atomic mass is 9.99. The van der Waals surface area contributed by atoms with E-state index in [0.29, 0.717) is 16.9 Å². The third-order valence-corrected chi connectivity index (χ3v) is 6.55. The molecule has 2 aromatic rings. The van der Waals surface area contributed by atoms with Crippen LogP contribution in [0.4, 0.5) is 0 Å². The molecule has 0 aliphatic carbocycles. The van der Waals surface area contributed by atoms with Gasteiger partial charge in [0.1, 0.15) is 11.2 Å². The Hall–Kier alpha value is -3.17. The summed E-state index contributed by atoms with van der Waals surface area (Å²) in [5.41, 5.74) is -0.0416. The zero-order valence-corrected chi connectivity index (χ0v) is 21.3. The highest BCUT2D eigenvalue weighted by Crippen LogP contribution is 2.34. The van der Waals surface area contributed by atoms with E-state index in [2.05, 4.69) is 0 Å². The van der Waals surface area contributed by atoms with Gasteiger partial charge in [0.25, 0.3) is 0 Å². The Morgan fingerprint density at radius 1 is 0.778 bits per heavy atom. The van der Waals surface area contributed by atoms with Crippen LogP contribution in [0.3, 0.4) is 0 Å². The summed E-state index contributed by atoms with van der Waals surface area (Å²) in [7, 11) is 0. The van der Waals surface area contributed by atoms with Crippen LogP contribution in [0.25, 0.3) is 0 Å². The molecule has 0 amide bonds. The Kier molecular flexibility index (Phi) is 10.1. The lowest BCUT2D eigenvalue weighted by Gasteiger charge is -2.43. The van der Waals surface area contributed by atoms with Gasteiger partial charge in [0, 0.05) is 6.42 Å². The first-order valence-corrected chi connectivity index (χ1v) is 12.8. The van der Waals surface area contributed by atoms with E-state index in [1.54, 1.807) is 67.6 Å². The standard InChI is InChI=1S/C27H30O8S/c1-4-36-27-24(35-26(31)20-13-9-6-10-14-20)23(33-21(29)16-15-17(2)28)22(18(3)32-27)34-25(30)19-11-7-5-8-12-19/h5-14,18,22-24,27H,4,15-16H2,1-3H3/t18-,22-,23+,24+,27-/m0/s1. The number of carbonyl (C=O) groups excluding carboxylic acids is 4.